The number of rotatable bonds is 4. The summed E-state index contributed by atoms with van der Waals surface area (Å²) in [4.78, 5) is 24.8. The van der Waals surface area contributed by atoms with Crippen LogP contribution in [0.3, 0.4) is 0 Å². The van der Waals surface area contributed by atoms with Crippen molar-refractivity contribution in [3.63, 3.8) is 0 Å². The number of hydrogen-bond donors (Lipinski definition) is 1. The predicted octanol–water partition coefficient (Wildman–Crippen LogP) is 1.99. The number of aromatic nitrogens is 2. The van der Waals surface area contributed by atoms with E-state index >= 15 is 0 Å². The van der Waals surface area contributed by atoms with Gasteiger partial charge in [0.25, 0.3) is 0 Å². The summed E-state index contributed by atoms with van der Waals surface area (Å²) in [6.07, 6.45) is 2.83. The standard InChI is InChI=1S/C19H26N4O2/c24-18(23-11-13-25-14-12-23)7-10-22-8-5-15(6-9-22)19-20-16-3-1-2-4-17(16)21-19/h1-4,15H,5-14H2,(H,20,21). The van der Waals surface area contributed by atoms with E-state index in [1.54, 1.807) is 0 Å². The van der Waals surface area contributed by atoms with E-state index in [4.69, 9.17) is 9.72 Å². The number of likely N-dealkylation sites (tertiary alicyclic amines) is 1. The van der Waals surface area contributed by atoms with Crippen molar-refractivity contribution in [2.45, 2.75) is 25.2 Å². The monoisotopic (exact) mass is 342 g/mol. The average molecular weight is 342 g/mol. The fourth-order valence-electron chi connectivity index (χ4n) is 3.82. The molecule has 0 aliphatic carbocycles. The van der Waals surface area contributed by atoms with Gasteiger partial charge >= 0.3 is 0 Å². The van der Waals surface area contributed by atoms with Crippen LogP contribution in [0.2, 0.25) is 0 Å². The molecule has 2 saturated heterocycles. The van der Waals surface area contributed by atoms with Gasteiger partial charge in [-0.15, -0.1) is 0 Å². The molecule has 0 radical (unpaired) electrons. The lowest BCUT2D eigenvalue weighted by Gasteiger charge is -2.32. The number of para-hydroxylation sites is 2. The third-order valence-electron chi connectivity index (χ3n) is 5.39. The van der Waals surface area contributed by atoms with E-state index in [0.29, 0.717) is 25.6 Å². The maximum atomic E-state index is 12.3. The van der Waals surface area contributed by atoms with Crippen LogP contribution in [0.15, 0.2) is 24.3 Å². The molecule has 3 heterocycles. The van der Waals surface area contributed by atoms with Crippen molar-refractivity contribution in [3.05, 3.63) is 30.1 Å². The van der Waals surface area contributed by atoms with Crippen LogP contribution in [-0.2, 0) is 9.53 Å². The van der Waals surface area contributed by atoms with Crippen molar-refractivity contribution >= 4 is 16.9 Å². The molecule has 2 fully saturated rings. The smallest absolute Gasteiger partial charge is 0.224 e. The van der Waals surface area contributed by atoms with Crippen molar-refractivity contribution in [2.75, 3.05) is 45.9 Å². The van der Waals surface area contributed by atoms with Gasteiger partial charge in [0.15, 0.2) is 0 Å². The highest BCUT2D eigenvalue weighted by Gasteiger charge is 2.24. The van der Waals surface area contributed by atoms with Gasteiger partial charge in [-0.05, 0) is 38.1 Å². The summed E-state index contributed by atoms with van der Waals surface area (Å²) in [7, 11) is 0. The summed E-state index contributed by atoms with van der Waals surface area (Å²) >= 11 is 0. The Balaban J connectivity index is 1.26. The molecule has 25 heavy (non-hydrogen) atoms. The maximum Gasteiger partial charge on any atom is 0.224 e. The Labute approximate surface area is 148 Å². The van der Waals surface area contributed by atoms with Crippen LogP contribution in [0.5, 0.6) is 0 Å². The molecular weight excluding hydrogens is 316 g/mol. The van der Waals surface area contributed by atoms with E-state index in [2.05, 4.69) is 22.0 Å². The van der Waals surface area contributed by atoms with Crippen LogP contribution >= 0.6 is 0 Å². The predicted molar refractivity (Wildman–Crippen MR) is 96.5 cm³/mol. The van der Waals surface area contributed by atoms with Crippen LogP contribution in [0.25, 0.3) is 11.0 Å². The van der Waals surface area contributed by atoms with E-state index in [9.17, 15) is 4.79 Å². The average Bonchev–Trinajstić information content (AvgIpc) is 3.11. The number of amides is 1. The van der Waals surface area contributed by atoms with Crippen LogP contribution in [0.4, 0.5) is 0 Å². The zero-order chi connectivity index (χ0) is 17.1. The quantitative estimate of drug-likeness (QED) is 0.923. The molecule has 2 aliphatic heterocycles. The number of morpholine rings is 1. The summed E-state index contributed by atoms with van der Waals surface area (Å²) in [5.41, 5.74) is 2.17. The Morgan fingerprint density at radius 1 is 1.16 bits per heavy atom. The summed E-state index contributed by atoms with van der Waals surface area (Å²) in [5.74, 6) is 1.88. The summed E-state index contributed by atoms with van der Waals surface area (Å²) in [6.45, 7) is 5.78. The fraction of sp³-hybridized carbons (Fsp3) is 0.579. The highest BCUT2D eigenvalue weighted by Crippen LogP contribution is 2.27. The molecule has 6 heteroatoms. The van der Waals surface area contributed by atoms with Gasteiger partial charge in [0.2, 0.25) is 5.91 Å². The SMILES string of the molecule is O=C(CCN1CCC(c2nc3ccccc3[nH]2)CC1)N1CCOCC1. The normalized spacial score (nSPS) is 20.2. The first-order valence-corrected chi connectivity index (χ1v) is 9.32. The lowest BCUT2D eigenvalue weighted by atomic mass is 9.96. The molecule has 1 N–H and O–H groups in total. The zero-order valence-corrected chi connectivity index (χ0v) is 14.6. The number of nitrogens with zero attached hydrogens (tertiary/aromatic N) is 3. The van der Waals surface area contributed by atoms with Gasteiger partial charge in [-0.2, -0.15) is 0 Å². The molecule has 1 aromatic carbocycles. The first-order chi connectivity index (χ1) is 12.3. The van der Waals surface area contributed by atoms with Crippen molar-refractivity contribution in [1.29, 1.82) is 0 Å². The lowest BCUT2D eigenvalue weighted by Crippen LogP contribution is -2.42. The summed E-state index contributed by atoms with van der Waals surface area (Å²) in [6, 6.07) is 8.21. The van der Waals surface area contributed by atoms with E-state index < -0.39 is 0 Å². The van der Waals surface area contributed by atoms with Gasteiger partial charge in [-0.1, -0.05) is 12.1 Å². The molecule has 0 atom stereocenters. The molecule has 0 spiro atoms. The summed E-state index contributed by atoms with van der Waals surface area (Å²) < 4.78 is 5.31. The minimum absolute atomic E-state index is 0.266. The van der Waals surface area contributed by atoms with Gasteiger partial charge in [-0.3, -0.25) is 4.79 Å². The topological polar surface area (TPSA) is 61.5 Å². The first-order valence-electron chi connectivity index (χ1n) is 9.32. The number of H-pyrrole nitrogens is 1. The van der Waals surface area contributed by atoms with E-state index in [0.717, 1.165) is 62.4 Å². The molecule has 4 rings (SSSR count). The molecule has 2 aliphatic rings. The molecule has 6 nitrogen and oxygen atoms in total. The third-order valence-corrected chi connectivity index (χ3v) is 5.39. The van der Waals surface area contributed by atoms with Crippen LogP contribution in [-0.4, -0.2) is 71.6 Å². The van der Waals surface area contributed by atoms with Crippen molar-refractivity contribution in [1.82, 2.24) is 19.8 Å². The second kappa shape index (κ2) is 7.54. The maximum absolute atomic E-state index is 12.3. The minimum atomic E-state index is 0.266. The number of imidazole rings is 1. The number of ether oxygens (including phenoxy) is 1. The lowest BCUT2D eigenvalue weighted by molar-refractivity contribution is -0.135. The van der Waals surface area contributed by atoms with E-state index in [1.807, 2.05) is 17.0 Å². The number of nitrogens with one attached hydrogen (secondary N) is 1. The van der Waals surface area contributed by atoms with E-state index in [1.165, 1.54) is 0 Å². The number of carbonyl (C=O) groups excluding carboxylic acids is 1. The molecule has 2 aromatic rings. The van der Waals surface area contributed by atoms with Gasteiger partial charge in [0.1, 0.15) is 5.82 Å². The number of fused-ring (bicyclic) bond motifs is 1. The molecule has 1 aromatic heterocycles. The van der Waals surface area contributed by atoms with Crippen LogP contribution in [0.1, 0.15) is 31.0 Å². The number of benzene rings is 1. The molecular formula is C19H26N4O2. The third kappa shape index (κ3) is 3.85. The van der Waals surface area contributed by atoms with Gasteiger partial charge in [-0.25, -0.2) is 4.98 Å². The Morgan fingerprint density at radius 2 is 1.92 bits per heavy atom. The highest BCUT2D eigenvalue weighted by molar-refractivity contribution is 5.76. The molecule has 0 unspecified atom stereocenters. The fourth-order valence-corrected chi connectivity index (χ4v) is 3.82. The number of piperidine rings is 1. The van der Waals surface area contributed by atoms with Crippen molar-refractivity contribution in [3.8, 4) is 0 Å². The van der Waals surface area contributed by atoms with E-state index in [-0.39, 0.29) is 5.91 Å². The Kier molecular flexibility index (Phi) is 4.99. The molecule has 0 saturated carbocycles. The Bertz CT molecular complexity index is 682. The van der Waals surface area contributed by atoms with Gasteiger partial charge in [0, 0.05) is 32.0 Å². The molecule has 134 valence electrons. The molecule has 0 bridgehead atoms. The van der Waals surface area contributed by atoms with Crippen molar-refractivity contribution in [2.24, 2.45) is 0 Å². The second-order valence-electron chi connectivity index (χ2n) is 7.00. The van der Waals surface area contributed by atoms with Crippen LogP contribution < -0.4 is 0 Å². The number of aromatic amines is 1. The summed E-state index contributed by atoms with van der Waals surface area (Å²) in [5, 5.41) is 0. The minimum Gasteiger partial charge on any atom is -0.378 e. The Hall–Kier alpha value is -1.92. The van der Waals surface area contributed by atoms with Gasteiger partial charge < -0.3 is 19.5 Å². The highest BCUT2D eigenvalue weighted by atomic mass is 16.5. The van der Waals surface area contributed by atoms with Crippen molar-refractivity contribution < 1.29 is 9.53 Å². The largest absolute Gasteiger partial charge is 0.378 e. The Morgan fingerprint density at radius 3 is 2.68 bits per heavy atom. The van der Waals surface area contributed by atoms with Gasteiger partial charge in [0.05, 0.1) is 24.2 Å². The molecule has 1 amide bonds. The second-order valence-corrected chi connectivity index (χ2v) is 7.00. The zero-order valence-electron chi connectivity index (χ0n) is 14.6. The van der Waals surface area contributed by atoms with Crippen LogP contribution in [0, 0.1) is 0 Å². The first kappa shape index (κ1) is 16.5. The number of hydrogen-bond acceptors (Lipinski definition) is 4. The number of carbonyl (C=O) groups is 1.